The average Bonchev–Trinajstić information content (AvgIpc) is 2.86. The van der Waals surface area contributed by atoms with Gasteiger partial charge < -0.3 is 35.1 Å². The zero-order valence-corrected chi connectivity index (χ0v) is 19.2. The molecular formula is C24H32N4O5. The van der Waals surface area contributed by atoms with Crippen molar-refractivity contribution in [2.24, 2.45) is 5.73 Å². The van der Waals surface area contributed by atoms with E-state index in [0.717, 1.165) is 5.56 Å². The van der Waals surface area contributed by atoms with Gasteiger partial charge in [-0.05, 0) is 48.9 Å². The van der Waals surface area contributed by atoms with Crippen LogP contribution in [-0.4, -0.2) is 75.4 Å². The van der Waals surface area contributed by atoms with Crippen molar-refractivity contribution in [3.05, 3.63) is 53.6 Å². The molecule has 0 aromatic heterocycles. The Kier molecular flexibility index (Phi) is 8.91. The van der Waals surface area contributed by atoms with E-state index in [0.29, 0.717) is 75.1 Å². The van der Waals surface area contributed by atoms with Gasteiger partial charge >= 0.3 is 6.03 Å². The summed E-state index contributed by atoms with van der Waals surface area (Å²) in [4.78, 5) is 29.3. The van der Waals surface area contributed by atoms with Gasteiger partial charge in [-0.15, -0.1) is 0 Å². The monoisotopic (exact) mass is 456 g/mol. The molecule has 9 nitrogen and oxygen atoms in total. The van der Waals surface area contributed by atoms with Gasteiger partial charge in [0.05, 0.1) is 27.4 Å². The van der Waals surface area contributed by atoms with Crippen LogP contribution in [0.5, 0.6) is 11.5 Å². The van der Waals surface area contributed by atoms with Crippen LogP contribution in [0.2, 0.25) is 0 Å². The maximum atomic E-state index is 13.3. The fourth-order valence-corrected chi connectivity index (χ4v) is 3.62. The van der Waals surface area contributed by atoms with Crippen molar-refractivity contribution in [2.45, 2.75) is 13.0 Å². The smallest absolute Gasteiger partial charge is 0.321 e. The van der Waals surface area contributed by atoms with Gasteiger partial charge in [-0.1, -0.05) is 12.1 Å². The van der Waals surface area contributed by atoms with Crippen LogP contribution in [0, 0.1) is 0 Å². The molecule has 0 bridgehead atoms. The second-order valence-electron chi connectivity index (χ2n) is 7.67. The number of ether oxygens (including phenoxy) is 3. The number of amides is 3. The second-order valence-corrected chi connectivity index (χ2v) is 7.67. The molecule has 0 radical (unpaired) electrons. The number of nitrogens with two attached hydrogens (primary N) is 1. The number of urea groups is 1. The maximum Gasteiger partial charge on any atom is 0.321 e. The third-order valence-corrected chi connectivity index (χ3v) is 5.40. The van der Waals surface area contributed by atoms with Crippen LogP contribution in [0.1, 0.15) is 22.3 Å². The van der Waals surface area contributed by atoms with Crippen LogP contribution in [-0.2, 0) is 11.3 Å². The predicted octanol–water partition coefficient (Wildman–Crippen LogP) is 2.56. The first-order valence-corrected chi connectivity index (χ1v) is 11.0. The lowest BCUT2D eigenvalue weighted by atomic mass is 10.1. The summed E-state index contributed by atoms with van der Waals surface area (Å²) in [6, 6.07) is 12.5. The highest BCUT2D eigenvalue weighted by molar-refractivity contribution is 5.95. The second kappa shape index (κ2) is 12.1. The van der Waals surface area contributed by atoms with Crippen molar-refractivity contribution in [1.29, 1.82) is 0 Å². The highest BCUT2D eigenvalue weighted by Gasteiger charge is 2.19. The van der Waals surface area contributed by atoms with Gasteiger partial charge in [0.25, 0.3) is 5.91 Å². The Bertz CT molecular complexity index is 946. The highest BCUT2D eigenvalue weighted by atomic mass is 16.5. The molecule has 2 aromatic rings. The van der Waals surface area contributed by atoms with Gasteiger partial charge in [-0.25, -0.2) is 4.79 Å². The number of nitrogens with one attached hydrogen (secondary N) is 1. The summed E-state index contributed by atoms with van der Waals surface area (Å²) in [6.45, 7) is 3.59. The molecule has 9 heteroatoms. The van der Waals surface area contributed by atoms with Crippen molar-refractivity contribution >= 4 is 17.6 Å². The zero-order valence-electron chi connectivity index (χ0n) is 19.2. The molecular weight excluding hydrogens is 424 g/mol. The molecule has 0 atom stereocenters. The van der Waals surface area contributed by atoms with E-state index in [1.165, 1.54) is 7.11 Å². The molecule has 2 aromatic carbocycles. The largest absolute Gasteiger partial charge is 0.493 e. The molecule has 0 spiro atoms. The molecule has 3 amide bonds. The Labute approximate surface area is 194 Å². The van der Waals surface area contributed by atoms with Crippen LogP contribution >= 0.6 is 0 Å². The van der Waals surface area contributed by atoms with Crippen molar-refractivity contribution in [3.63, 3.8) is 0 Å². The summed E-state index contributed by atoms with van der Waals surface area (Å²) in [5.41, 5.74) is 7.79. The van der Waals surface area contributed by atoms with Crippen molar-refractivity contribution < 1.29 is 23.8 Å². The number of carbonyl (C=O) groups is 2. The Hall–Kier alpha value is -3.30. The van der Waals surface area contributed by atoms with Crippen molar-refractivity contribution in [3.8, 4) is 11.5 Å². The van der Waals surface area contributed by atoms with Crippen LogP contribution in [0.15, 0.2) is 42.5 Å². The van der Waals surface area contributed by atoms with Gasteiger partial charge in [0.2, 0.25) is 0 Å². The normalized spacial score (nSPS) is 13.4. The first kappa shape index (κ1) is 24.3. The number of rotatable bonds is 9. The van der Waals surface area contributed by atoms with Gasteiger partial charge in [0.15, 0.2) is 11.5 Å². The molecule has 33 heavy (non-hydrogen) atoms. The lowest BCUT2D eigenvalue weighted by molar-refractivity contribution is 0.0564. The number of morpholine rings is 1. The summed E-state index contributed by atoms with van der Waals surface area (Å²) in [6.07, 6.45) is 0.673. The lowest BCUT2D eigenvalue weighted by Gasteiger charge is -2.27. The molecule has 1 aliphatic heterocycles. The van der Waals surface area contributed by atoms with Gasteiger partial charge in [0, 0.05) is 37.4 Å². The molecule has 0 saturated carbocycles. The van der Waals surface area contributed by atoms with E-state index in [1.54, 1.807) is 35.1 Å². The van der Waals surface area contributed by atoms with E-state index < -0.39 is 0 Å². The Morgan fingerprint density at radius 3 is 2.55 bits per heavy atom. The summed E-state index contributed by atoms with van der Waals surface area (Å²) >= 11 is 0. The Balaban J connectivity index is 1.74. The van der Waals surface area contributed by atoms with E-state index >= 15 is 0 Å². The Morgan fingerprint density at radius 1 is 1.09 bits per heavy atom. The number of nitrogens with zero attached hydrogens (tertiary/aromatic N) is 2. The standard InChI is InChI=1S/C24H32N4O5/c1-31-21-8-7-19(16-22(21)32-2)23(29)28(10-4-9-25)17-18-5-3-6-20(15-18)26-24(30)27-11-13-33-14-12-27/h3,5-8,15-16H,4,9-14,17,25H2,1-2H3,(H,26,30). The minimum atomic E-state index is -0.156. The number of hydrogen-bond donors (Lipinski definition) is 2. The van der Waals surface area contributed by atoms with Crippen LogP contribution in [0.4, 0.5) is 10.5 Å². The highest BCUT2D eigenvalue weighted by Crippen LogP contribution is 2.28. The van der Waals surface area contributed by atoms with E-state index in [-0.39, 0.29) is 11.9 Å². The summed E-state index contributed by atoms with van der Waals surface area (Å²) in [5, 5.41) is 2.93. The summed E-state index contributed by atoms with van der Waals surface area (Å²) in [5.74, 6) is 0.924. The fourth-order valence-electron chi connectivity index (χ4n) is 3.62. The lowest BCUT2D eigenvalue weighted by Crippen LogP contribution is -2.43. The third kappa shape index (κ3) is 6.59. The third-order valence-electron chi connectivity index (χ3n) is 5.40. The SMILES string of the molecule is COc1ccc(C(=O)N(CCCN)Cc2cccc(NC(=O)N3CCOCC3)c2)cc1OC. The van der Waals surface area contributed by atoms with E-state index in [1.807, 2.05) is 24.3 Å². The molecule has 0 unspecified atom stereocenters. The quantitative estimate of drug-likeness (QED) is 0.601. The van der Waals surface area contributed by atoms with E-state index in [9.17, 15) is 9.59 Å². The minimum absolute atomic E-state index is 0.132. The average molecular weight is 457 g/mol. The Morgan fingerprint density at radius 2 is 1.85 bits per heavy atom. The van der Waals surface area contributed by atoms with Gasteiger partial charge in [-0.3, -0.25) is 4.79 Å². The van der Waals surface area contributed by atoms with E-state index in [4.69, 9.17) is 19.9 Å². The number of anilines is 1. The molecule has 1 fully saturated rings. The number of hydrogen-bond acceptors (Lipinski definition) is 6. The number of methoxy groups -OCH3 is 2. The molecule has 3 rings (SSSR count). The first-order chi connectivity index (χ1) is 16.0. The van der Waals surface area contributed by atoms with Crippen molar-refractivity contribution in [2.75, 3.05) is 58.9 Å². The van der Waals surface area contributed by atoms with Gasteiger partial charge in [-0.2, -0.15) is 0 Å². The molecule has 1 aliphatic rings. The van der Waals surface area contributed by atoms with E-state index in [2.05, 4.69) is 5.32 Å². The van der Waals surface area contributed by atoms with Crippen LogP contribution in [0.25, 0.3) is 0 Å². The van der Waals surface area contributed by atoms with Crippen LogP contribution < -0.4 is 20.5 Å². The molecule has 1 saturated heterocycles. The molecule has 178 valence electrons. The molecule has 3 N–H and O–H groups in total. The molecule has 1 heterocycles. The number of carbonyl (C=O) groups excluding carboxylic acids is 2. The zero-order chi connectivity index (χ0) is 23.6. The van der Waals surface area contributed by atoms with Crippen LogP contribution in [0.3, 0.4) is 0 Å². The number of benzene rings is 2. The minimum Gasteiger partial charge on any atom is -0.493 e. The summed E-state index contributed by atoms with van der Waals surface area (Å²) in [7, 11) is 3.09. The summed E-state index contributed by atoms with van der Waals surface area (Å²) < 4.78 is 15.9. The first-order valence-electron chi connectivity index (χ1n) is 11.0. The molecule has 0 aliphatic carbocycles. The van der Waals surface area contributed by atoms with Crippen molar-refractivity contribution in [1.82, 2.24) is 9.80 Å². The maximum absolute atomic E-state index is 13.3. The predicted molar refractivity (Wildman–Crippen MR) is 126 cm³/mol. The topological polar surface area (TPSA) is 106 Å². The van der Waals surface area contributed by atoms with Gasteiger partial charge in [0.1, 0.15) is 0 Å². The fraction of sp³-hybridized carbons (Fsp3) is 0.417.